The monoisotopic (exact) mass is 298 g/mol. The number of nitrogens with one attached hydrogen (secondary N) is 1. The Balaban J connectivity index is 1.99. The molecule has 1 amide bonds. The van der Waals surface area contributed by atoms with E-state index in [1.165, 1.54) is 6.33 Å². The number of likely N-dealkylation sites (tertiary alicyclic amines) is 1. The van der Waals surface area contributed by atoms with Crippen LogP contribution in [0.3, 0.4) is 0 Å². The second-order valence-electron chi connectivity index (χ2n) is 4.12. The van der Waals surface area contributed by atoms with E-state index in [1.807, 2.05) is 11.8 Å². The van der Waals surface area contributed by atoms with Crippen LogP contribution in [-0.2, 0) is 4.79 Å². The molecule has 1 fully saturated rings. The summed E-state index contributed by atoms with van der Waals surface area (Å²) in [4.78, 5) is 21.9. The fourth-order valence-corrected chi connectivity index (χ4v) is 2.23. The summed E-state index contributed by atoms with van der Waals surface area (Å²) in [5.41, 5.74) is 0. The van der Waals surface area contributed by atoms with Crippen molar-refractivity contribution < 1.29 is 4.79 Å². The summed E-state index contributed by atoms with van der Waals surface area (Å²) in [6, 6.07) is -0.265. The zero-order valence-electron chi connectivity index (χ0n) is 9.69. The molecule has 2 heterocycles. The summed E-state index contributed by atoms with van der Waals surface area (Å²) in [6.07, 6.45) is 5.33. The van der Waals surface area contributed by atoms with E-state index in [2.05, 4.69) is 31.2 Å². The first kappa shape index (κ1) is 12.3. The van der Waals surface area contributed by atoms with Gasteiger partial charge in [-0.15, -0.1) is 0 Å². The largest absolute Gasteiger partial charge is 0.358 e. The zero-order valence-corrected chi connectivity index (χ0v) is 11.3. The second-order valence-corrected chi connectivity index (χ2v) is 4.97. The summed E-state index contributed by atoms with van der Waals surface area (Å²) in [6.45, 7) is 3.60. The molecule has 17 heavy (non-hydrogen) atoms. The predicted octanol–water partition coefficient (Wildman–Crippen LogP) is 1.66. The molecule has 1 aromatic rings. The number of halogens is 1. The fourth-order valence-electron chi connectivity index (χ4n) is 1.90. The van der Waals surface area contributed by atoms with Crippen molar-refractivity contribution in [2.24, 2.45) is 0 Å². The number of carbonyl (C=O) groups is 1. The Labute approximate surface area is 109 Å². The molecule has 0 spiro atoms. The van der Waals surface area contributed by atoms with E-state index in [9.17, 15) is 4.79 Å². The van der Waals surface area contributed by atoms with Crippen LogP contribution >= 0.6 is 15.9 Å². The third kappa shape index (κ3) is 2.94. The Morgan fingerprint density at radius 2 is 2.24 bits per heavy atom. The SMILES string of the molecule is CC(Nc1ncncc1Br)C(=O)N1CCCC1. The van der Waals surface area contributed by atoms with Gasteiger partial charge in [0.05, 0.1) is 4.47 Å². The molecule has 2 rings (SSSR count). The van der Waals surface area contributed by atoms with Crippen LogP contribution in [0.1, 0.15) is 19.8 Å². The average Bonchev–Trinajstić information content (AvgIpc) is 2.84. The number of anilines is 1. The molecule has 0 aliphatic carbocycles. The third-order valence-corrected chi connectivity index (χ3v) is 3.39. The minimum atomic E-state index is -0.265. The lowest BCUT2D eigenvalue weighted by Gasteiger charge is -2.21. The number of nitrogens with zero attached hydrogens (tertiary/aromatic N) is 3. The van der Waals surface area contributed by atoms with E-state index < -0.39 is 0 Å². The van der Waals surface area contributed by atoms with Crippen LogP contribution in [0.25, 0.3) is 0 Å². The van der Waals surface area contributed by atoms with Crippen LogP contribution in [0.15, 0.2) is 17.0 Å². The Hall–Kier alpha value is -1.17. The molecular weight excluding hydrogens is 284 g/mol. The third-order valence-electron chi connectivity index (χ3n) is 2.81. The topological polar surface area (TPSA) is 58.1 Å². The molecule has 5 nitrogen and oxygen atoms in total. The van der Waals surface area contributed by atoms with Crippen LogP contribution in [0.5, 0.6) is 0 Å². The summed E-state index contributed by atoms with van der Waals surface area (Å²) in [7, 11) is 0. The van der Waals surface area contributed by atoms with E-state index >= 15 is 0 Å². The minimum Gasteiger partial charge on any atom is -0.358 e. The molecule has 0 saturated carbocycles. The van der Waals surface area contributed by atoms with Crippen LogP contribution in [-0.4, -0.2) is 39.9 Å². The molecule has 0 radical (unpaired) electrons. The molecular formula is C11H15BrN4O. The zero-order chi connectivity index (χ0) is 12.3. The molecule has 1 unspecified atom stereocenters. The average molecular weight is 299 g/mol. The van der Waals surface area contributed by atoms with Gasteiger partial charge in [-0.25, -0.2) is 9.97 Å². The first-order chi connectivity index (χ1) is 8.18. The van der Waals surface area contributed by atoms with Gasteiger partial charge in [0.2, 0.25) is 5.91 Å². The standard InChI is InChI=1S/C11H15BrN4O/c1-8(11(17)16-4-2-3-5-16)15-10-9(12)6-13-7-14-10/h6-8H,2-5H2,1H3,(H,13,14,15). The lowest BCUT2D eigenvalue weighted by molar-refractivity contribution is -0.130. The van der Waals surface area contributed by atoms with Crippen molar-refractivity contribution in [3.05, 3.63) is 17.0 Å². The number of rotatable bonds is 3. The lowest BCUT2D eigenvalue weighted by atomic mass is 10.3. The molecule has 1 saturated heterocycles. The van der Waals surface area contributed by atoms with Crippen LogP contribution in [0, 0.1) is 0 Å². The van der Waals surface area contributed by atoms with Gasteiger partial charge in [-0.05, 0) is 35.7 Å². The highest BCUT2D eigenvalue weighted by atomic mass is 79.9. The van der Waals surface area contributed by atoms with Crippen molar-refractivity contribution in [1.29, 1.82) is 0 Å². The van der Waals surface area contributed by atoms with Gasteiger partial charge >= 0.3 is 0 Å². The molecule has 0 bridgehead atoms. The first-order valence-electron chi connectivity index (χ1n) is 5.69. The highest BCUT2D eigenvalue weighted by Gasteiger charge is 2.23. The number of amides is 1. The van der Waals surface area contributed by atoms with Crippen LogP contribution in [0.2, 0.25) is 0 Å². The van der Waals surface area contributed by atoms with Gasteiger partial charge in [0.15, 0.2) is 0 Å². The molecule has 1 aliphatic rings. The first-order valence-corrected chi connectivity index (χ1v) is 6.48. The van der Waals surface area contributed by atoms with Gasteiger partial charge in [-0.3, -0.25) is 4.79 Å². The van der Waals surface area contributed by atoms with Crippen LogP contribution < -0.4 is 5.32 Å². The van der Waals surface area contributed by atoms with Gasteiger partial charge in [0.25, 0.3) is 0 Å². The van der Waals surface area contributed by atoms with E-state index in [0.29, 0.717) is 5.82 Å². The Kier molecular flexibility index (Phi) is 3.93. The maximum atomic E-state index is 12.1. The molecule has 6 heteroatoms. The molecule has 92 valence electrons. The normalized spacial score (nSPS) is 16.9. The van der Waals surface area contributed by atoms with Gasteiger partial charge in [0, 0.05) is 19.3 Å². The van der Waals surface area contributed by atoms with Crippen molar-refractivity contribution in [3.8, 4) is 0 Å². The number of carbonyl (C=O) groups excluding carboxylic acids is 1. The number of hydrogen-bond acceptors (Lipinski definition) is 4. The van der Waals surface area contributed by atoms with Crippen LogP contribution in [0.4, 0.5) is 5.82 Å². The van der Waals surface area contributed by atoms with E-state index in [-0.39, 0.29) is 11.9 Å². The van der Waals surface area contributed by atoms with Gasteiger partial charge < -0.3 is 10.2 Å². The highest BCUT2D eigenvalue weighted by Crippen LogP contribution is 2.19. The Morgan fingerprint density at radius 1 is 1.53 bits per heavy atom. The van der Waals surface area contributed by atoms with Gasteiger partial charge in [0.1, 0.15) is 18.2 Å². The van der Waals surface area contributed by atoms with Gasteiger partial charge in [-0.2, -0.15) is 0 Å². The van der Waals surface area contributed by atoms with Gasteiger partial charge in [-0.1, -0.05) is 0 Å². The summed E-state index contributed by atoms with van der Waals surface area (Å²) in [5.74, 6) is 0.785. The van der Waals surface area contributed by atoms with Crippen molar-refractivity contribution in [2.45, 2.75) is 25.8 Å². The minimum absolute atomic E-state index is 0.132. The quantitative estimate of drug-likeness (QED) is 0.922. The lowest BCUT2D eigenvalue weighted by Crippen LogP contribution is -2.39. The maximum Gasteiger partial charge on any atom is 0.244 e. The maximum absolute atomic E-state index is 12.1. The molecule has 0 aromatic carbocycles. The van der Waals surface area contributed by atoms with Crippen molar-refractivity contribution in [3.63, 3.8) is 0 Å². The number of aromatic nitrogens is 2. The summed E-state index contributed by atoms with van der Waals surface area (Å²) in [5, 5.41) is 3.10. The summed E-state index contributed by atoms with van der Waals surface area (Å²) >= 11 is 3.35. The second kappa shape index (κ2) is 5.44. The smallest absolute Gasteiger partial charge is 0.244 e. The van der Waals surface area contributed by atoms with Crippen molar-refractivity contribution in [2.75, 3.05) is 18.4 Å². The van der Waals surface area contributed by atoms with Crippen molar-refractivity contribution in [1.82, 2.24) is 14.9 Å². The molecule has 1 atom stereocenters. The predicted molar refractivity (Wildman–Crippen MR) is 68.6 cm³/mol. The Morgan fingerprint density at radius 3 is 2.88 bits per heavy atom. The molecule has 1 aromatic heterocycles. The van der Waals surface area contributed by atoms with E-state index in [0.717, 1.165) is 30.4 Å². The highest BCUT2D eigenvalue weighted by molar-refractivity contribution is 9.10. The summed E-state index contributed by atoms with van der Waals surface area (Å²) < 4.78 is 0.765. The fraction of sp³-hybridized carbons (Fsp3) is 0.545. The molecule has 1 N–H and O–H groups in total. The Bertz CT molecular complexity index is 406. The van der Waals surface area contributed by atoms with Crippen molar-refractivity contribution >= 4 is 27.7 Å². The van der Waals surface area contributed by atoms with E-state index in [4.69, 9.17) is 0 Å². The molecule has 1 aliphatic heterocycles. The van der Waals surface area contributed by atoms with E-state index in [1.54, 1.807) is 6.20 Å². The number of hydrogen-bond donors (Lipinski definition) is 1.